The first kappa shape index (κ1) is 16.9. The van der Waals surface area contributed by atoms with Crippen molar-refractivity contribution in [2.24, 2.45) is 5.14 Å². The number of rotatable bonds is 4. The Balaban J connectivity index is 3.31. The van der Waals surface area contributed by atoms with E-state index < -0.39 is 37.2 Å². The number of carbonyl (C=O) groups is 1. The van der Waals surface area contributed by atoms with Crippen LogP contribution in [0.2, 0.25) is 5.02 Å². The minimum atomic E-state index is -4.13. The number of amides is 1. The van der Waals surface area contributed by atoms with Crippen molar-refractivity contribution in [2.45, 2.75) is 37.6 Å². The third kappa shape index (κ3) is 3.91. The Labute approximate surface area is 122 Å². The highest BCUT2D eigenvalue weighted by Gasteiger charge is 2.24. The Morgan fingerprint density at radius 3 is 2.45 bits per heavy atom. The van der Waals surface area contributed by atoms with Gasteiger partial charge >= 0.3 is 0 Å². The van der Waals surface area contributed by atoms with Crippen LogP contribution in [0.15, 0.2) is 17.0 Å². The highest BCUT2D eigenvalue weighted by molar-refractivity contribution is 7.89. The van der Waals surface area contributed by atoms with Crippen molar-refractivity contribution in [1.82, 2.24) is 5.32 Å². The number of nitrogens with one attached hydrogen (secondary N) is 1. The van der Waals surface area contributed by atoms with Crippen LogP contribution in [0.1, 0.15) is 37.6 Å². The average molecular weight is 323 g/mol. The van der Waals surface area contributed by atoms with Crippen LogP contribution < -0.4 is 10.5 Å². The zero-order chi connectivity index (χ0) is 15.7. The molecular weight excluding hydrogens is 307 g/mol. The van der Waals surface area contributed by atoms with Gasteiger partial charge in [-0.05, 0) is 32.4 Å². The normalized spacial score (nSPS) is 12.3. The summed E-state index contributed by atoms with van der Waals surface area (Å²) in [5.41, 5.74) is -0.800. The highest BCUT2D eigenvalue weighted by Crippen LogP contribution is 2.24. The van der Waals surface area contributed by atoms with Crippen molar-refractivity contribution in [3.05, 3.63) is 28.5 Å². The number of carbonyl (C=O) groups excluding carboxylic acids is 1. The molecule has 1 aromatic carbocycles. The Kier molecular flexibility index (Phi) is 4.78. The van der Waals surface area contributed by atoms with Crippen molar-refractivity contribution in [3.63, 3.8) is 0 Å². The average Bonchev–Trinajstić information content (AvgIpc) is 2.30. The number of benzene rings is 1. The molecule has 0 aliphatic heterocycles. The molecule has 0 saturated carbocycles. The van der Waals surface area contributed by atoms with E-state index in [1.165, 1.54) is 0 Å². The van der Waals surface area contributed by atoms with Crippen LogP contribution in [0.5, 0.6) is 0 Å². The van der Waals surface area contributed by atoms with Gasteiger partial charge in [-0.3, -0.25) is 4.79 Å². The number of sulfonamides is 1. The second-order valence-electron chi connectivity index (χ2n) is 5.00. The monoisotopic (exact) mass is 322 g/mol. The topological polar surface area (TPSA) is 89.3 Å². The highest BCUT2D eigenvalue weighted by atomic mass is 35.5. The molecule has 0 bridgehead atoms. The van der Waals surface area contributed by atoms with Gasteiger partial charge in [-0.15, -0.1) is 0 Å². The minimum absolute atomic E-state index is 0.266. The zero-order valence-electron chi connectivity index (χ0n) is 11.3. The van der Waals surface area contributed by atoms with Gasteiger partial charge in [0, 0.05) is 5.54 Å². The van der Waals surface area contributed by atoms with E-state index in [1.807, 2.05) is 6.92 Å². The summed E-state index contributed by atoms with van der Waals surface area (Å²) in [4.78, 5) is 11.6. The molecule has 20 heavy (non-hydrogen) atoms. The lowest BCUT2D eigenvalue weighted by molar-refractivity contribution is 0.0910. The van der Waals surface area contributed by atoms with Crippen molar-refractivity contribution in [2.75, 3.05) is 0 Å². The van der Waals surface area contributed by atoms with Gasteiger partial charge in [0.2, 0.25) is 10.0 Å². The van der Waals surface area contributed by atoms with Gasteiger partial charge in [-0.2, -0.15) is 0 Å². The smallest absolute Gasteiger partial charge is 0.253 e. The van der Waals surface area contributed by atoms with E-state index in [9.17, 15) is 17.6 Å². The molecule has 1 aromatic rings. The van der Waals surface area contributed by atoms with E-state index in [1.54, 1.807) is 13.8 Å². The number of nitrogens with two attached hydrogens (primary N) is 1. The molecule has 112 valence electrons. The molecule has 1 rings (SSSR count). The van der Waals surface area contributed by atoms with Gasteiger partial charge in [-0.1, -0.05) is 18.5 Å². The van der Waals surface area contributed by atoms with Crippen LogP contribution in [-0.2, 0) is 10.0 Å². The lowest BCUT2D eigenvalue weighted by Crippen LogP contribution is -2.43. The Bertz CT molecular complexity index is 644. The fraction of sp³-hybridized carbons (Fsp3) is 0.417. The van der Waals surface area contributed by atoms with E-state index >= 15 is 0 Å². The van der Waals surface area contributed by atoms with E-state index in [0.717, 1.165) is 6.07 Å². The van der Waals surface area contributed by atoms with Crippen molar-refractivity contribution in [1.29, 1.82) is 0 Å². The van der Waals surface area contributed by atoms with Gasteiger partial charge in [0.25, 0.3) is 5.91 Å². The predicted molar refractivity (Wildman–Crippen MR) is 74.6 cm³/mol. The summed E-state index contributed by atoms with van der Waals surface area (Å²) in [6.07, 6.45) is 0.633. The van der Waals surface area contributed by atoms with Gasteiger partial charge in [0.1, 0.15) is 5.82 Å². The van der Waals surface area contributed by atoms with Gasteiger partial charge in [0.05, 0.1) is 15.5 Å². The van der Waals surface area contributed by atoms with Gasteiger partial charge < -0.3 is 5.32 Å². The molecule has 0 aliphatic carbocycles. The number of hydrogen-bond acceptors (Lipinski definition) is 3. The molecule has 0 heterocycles. The van der Waals surface area contributed by atoms with E-state index in [-0.39, 0.29) is 5.56 Å². The standard InChI is InChI=1S/C12H16ClFN2O3S/c1-4-12(2,3)16-11(17)8-5-7(20(15,18)19)6-9(14)10(8)13/h5-6H,4H2,1-3H3,(H,16,17)(H2,15,18,19). The molecule has 5 nitrogen and oxygen atoms in total. The largest absolute Gasteiger partial charge is 0.347 e. The summed E-state index contributed by atoms with van der Waals surface area (Å²) in [5, 5.41) is 7.13. The summed E-state index contributed by atoms with van der Waals surface area (Å²) in [7, 11) is -4.13. The fourth-order valence-corrected chi connectivity index (χ4v) is 2.10. The van der Waals surface area contributed by atoms with Crippen LogP contribution in [-0.4, -0.2) is 19.9 Å². The SMILES string of the molecule is CCC(C)(C)NC(=O)c1cc(S(N)(=O)=O)cc(F)c1Cl. The van der Waals surface area contributed by atoms with Gasteiger partial charge in [0.15, 0.2) is 0 Å². The second-order valence-corrected chi connectivity index (χ2v) is 6.94. The zero-order valence-corrected chi connectivity index (χ0v) is 12.9. The van der Waals surface area contributed by atoms with E-state index in [2.05, 4.69) is 5.32 Å². The fourth-order valence-electron chi connectivity index (χ4n) is 1.36. The summed E-state index contributed by atoms with van der Waals surface area (Å²) < 4.78 is 36.1. The van der Waals surface area contributed by atoms with E-state index in [0.29, 0.717) is 12.5 Å². The molecule has 0 atom stereocenters. The molecule has 0 spiro atoms. The molecule has 0 aromatic heterocycles. The molecule has 1 amide bonds. The third-order valence-corrected chi connectivity index (χ3v) is 4.19. The van der Waals surface area contributed by atoms with Crippen LogP contribution in [0.4, 0.5) is 4.39 Å². The summed E-state index contributed by atoms with van der Waals surface area (Å²) in [5.74, 6) is -1.68. The lowest BCUT2D eigenvalue weighted by Gasteiger charge is -2.24. The van der Waals surface area contributed by atoms with Crippen LogP contribution >= 0.6 is 11.6 Å². The van der Waals surface area contributed by atoms with Crippen molar-refractivity contribution < 1.29 is 17.6 Å². The quantitative estimate of drug-likeness (QED) is 0.889. The molecule has 0 unspecified atom stereocenters. The summed E-state index contributed by atoms with van der Waals surface area (Å²) >= 11 is 5.71. The van der Waals surface area contributed by atoms with Gasteiger partial charge in [-0.25, -0.2) is 17.9 Å². The first-order chi connectivity index (χ1) is 8.98. The Morgan fingerprint density at radius 2 is 2.00 bits per heavy atom. The first-order valence-electron chi connectivity index (χ1n) is 5.82. The van der Waals surface area contributed by atoms with Crippen molar-refractivity contribution >= 4 is 27.5 Å². The maximum atomic E-state index is 13.6. The Morgan fingerprint density at radius 1 is 1.45 bits per heavy atom. The third-order valence-electron chi connectivity index (χ3n) is 2.91. The maximum Gasteiger partial charge on any atom is 0.253 e. The van der Waals surface area contributed by atoms with Crippen LogP contribution in [0.25, 0.3) is 0 Å². The number of halogens is 2. The molecule has 0 saturated heterocycles. The molecule has 0 radical (unpaired) electrons. The molecule has 3 N–H and O–H groups in total. The van der Waals surface area contributed by atoms with Crippen LogP contribution in [0, 0.1) is 5.82 Å². The number of primary sulfonamides is 1. The first-order valence-corrected chi connectivity index (χ1v) is 7.74. The van der Waals surface area contributed by atoms with Crippen LogP contribution in [0.3, 0.4) is 0 Å². The maximum absolute atomic E-state index is 13.6. The number of hydrogen-bond donors (Lipinski definition) is 2. The summed E-state index contributed by atoms with van der Waals surface area (Å²) in [6, 6.07) is 1.64. The second kappa shape index (κ2) is 5.67. The Hall–Kier alpha value is -1.18. The molecule has 8 heteroatoms. The molecular formula is C12H16ClFN2O3S. The molecule has 0 fully saturated rings. The molecule has 0 aliphatic rings. The minimum Gasteiger partial charge on any atom is -0.347 e. The lowest BCUT2D eigenvalue weighted by atomic mass is 10.0. The van der Waals surface area contributed by atoms with Crippen molar-refractivity contribution in [3.8, 4) is 0 Å². The summed E-state index contributed by atoms with van der Waals surface area (Å²) in [6.45, 7) is 5.42. The predicted octanol–water partition coefficient (Wildman–Crippen LogP) is 2.04. The van der Waals surface area contributed by atoms with E-state index in [4.69, 9.17) is 16.7 Å².